The molecule has 0 amide bonds. The molecule has 0 heterocycles. The fourth-order valence-corrected chi connectivity index (χ4v) is 7.91. The Morgan fingerprint density at radius 2 is 1.30 bits per heavy atom. The largest absolute Gasteiger partial charge is 0.506 e. The number of hydrogen-bond acceptors (Lipinski definition) is 7. The molecule has 0 saturated heterocycles. The molecule has 7 heteroatoms. The van der Waals surface area contributed by atoms with Crippen LogP contribution in [0.4, 0.5) is 0 Å². The first-order valence-electron chi connectivity index (χ1n) is 20.8. The maximum atomic E-state index is 12.8. The molecular formula is C47H64O7. The van der Waals surface area contributed by atoms with Crippen molar-refractivity contribution in [1.29, 1.82) is 0 Å². The lowest BCUT2D eigenvalue weighted by molar-refractivity contribution is -0.153. The third-order valence-electron chi connectivity index (χ3n) is 10.8. The van der Waals surface area contributed by atoms with Crippen LogP contribution in [0.5, 0.6) is 11.5 Å². The van der Waals surface area contributed by atoms with Gasteiger partial charge in [-0.1, -0.05) is 153 Å². The Kier molecular flexibility index (Phi) is 18.1. The van der Waals surface area contributed by atoms with E-state index < -0.39 is 17.5 Å². The number of phenols is 1. The van der Waals surface area contributed by atoms with E-state index >= 15 is 0 Å². The zero-order valence-corrected chi connectivity index (χ0v) is 33.2. The molecule has 1 N–H and O–H groups in total. The molecule has 0 radical (unpaired) electrons. The molecule has 0 aromatic heterocycles. The van der Waals surface area contributed by atoms with Crippen molar-refractivity contribution in [2.45, 2.75) is 154 Å². The number of carbonyl (C=O) groups excluding carboxylic acids is 3. The van der Waals surface area contributed by atoms with Crippen molar-refractivity contribution in [2.24, 2.45) is 0 Å². The maximum absolute atomic E-state index is 12.8. The van der Waals surface area contributed by atoms with Gasteiger partial charge < -0.3 is 19.3 Å². The number of phenolic OH excluding ortho intramolecular Hbond substituents is 1. The first kappa shape index (κ1) is 42.6. The van der Waals surface area contributed by atoms with Gasteiger partial charge in [0.2, 0.25) is 0 Å². The average molecular weight is 741 g/mol. The van der Waals surface area contributed by atoms with Gasteiger partial charge in [0, 0.05) is 29.9 Å². The van der Waals surface area contributed by atoms with Crippen LogP contribution in [0.1, 0.15) is 169 Å². The van der Waals surface area contributed by atoms with Crippen LogP contribution in [-0.2, 0) is 31.1 Å². The van der Waals surface area contributed by atoms with Crippen molar-refractivity contribution in [2.75, 3.05) is 13.7 Å². The third kappa shape index (κ3) is 12.5. The molecule has 0 saturated carbocycles. The van der Waals surface area contributed by atoms with Crippen molar-refractivity contribution in [3.63, 3.8) is 0 Å². The molecular weight excluding hydrogens is 677 g/mol. The van der Waals surface area contributed by atoms with Gasteiger partial charge in [-0.2, -0.15) is 0 Å². The SMILES string of the molecule is CCCCCCCCCCCCCCCCCCCCCCOc1ccc2c(O)c(C(=O)OC)cc(C3(OC(C)=O)C=C(C=O)c4ccccc4C3)c2c1. The summed E-state index contributed by atoms with van der Waals surface area (Å²) in [6, 6.07) is 14.3. The highest BCUT2D eigenvalue weighted by Crippen LogP contribution is 2.46. The quantitative estimate of drug-likeness (QED) is 0.0497. The van der Waals surface area contributed by atoms with Crippen LogP contribution in [0.3, 0.4) is 0 Å². The molecule has 54 heavy (non-hydrogen) atoms. The normalized spacial score (nSPS) is 15.1. The lowest BCUT2D eigenvalue weighted by Gasteiger charge is -2.36. The summed E-state index contributed by atoms with van der Waals surface area (Å²) in [5, 5.41) is 12.1. The summed E-state index contributed by atoms with van der Waals surface area (Å²) < 4.78 is 17.3. The first-order valence-corrected chi connectivity index (χ1v) is 20.8. The van der Waals surface area contributed by atoms with Crippen LogP contribution in [0.25, 0.3) is 16.3 Å². The summed E-state index contributed by atoms with van der Waals surface area (Å²) in [4.78, 5) is 37.8. The number of benzene rings is 3. The second kappa shape index (κ2) is 22.9. The number of hydrogen-bond donors (Lipinski definition) is 1. The summed E-state index contributed by atoms with van der Waals surface area (Å²) in [6.07, 6.45) is 29.3. The van der Waals surface area contributed by atoms with Gasteiger partial charge in [-0.25, -0.2) is 4.79 Å². The summed E-state index contributed by atoms with van der Waals surface area (Å²) in [7, 11) is 1.24. The Morgan fingerprint density at radius 1 is 0.741 bits per heavy atom. The fraction of sp³-hybridized carbons (Fsp3) is 0.553. The second-order valence-electron chi connectivity index (χ2n) is 15.1. The van der Waals surface area contributed by atoms with E-state index in [1.165, 1.54) is 136 Å². The standard InChI is InChI=1S/C47H64O7/c1-4-5-6-7-8-9-10-11-12-13-14-15-16-17-18-19-20-21-22-25-30-53-39-28-29-41-42(31-39)44(32-43(45(41)50)46(51)52-3)47(54-36(2)49)33-37-26-23-24-27-40(37)38(34-47)35-48/h23-24,26-29,31-32,34-35,50H,4-22,25,30,33H2,1-3H3. The minimum absolute atomic E-state index is 0.0653. The van der Waals surface area contributed by atoms with Gasteiger partial charge in [0.05, 0.1) is 13.7 Å². The van der Waals surface area contributed by atoms with Crippen LogP contribution in [-0.4, -0.2) is 37.0 Å². The van der Waals surface area contributed by atoms with E-state index in [4.69, 9.17) is 14.2 Å². The minimum Gasteiger partial charge on any atom is -0.506 e. The molecule has 1 aliphatic carbocycles. The van der Waals surface area contributed by atoms with Crippen molar-refractivity contribution in [1.82, 2.24) is 0 Å². The van der Waals surface area contributed by atoms with Crippen LogP contribution in [0, 0.1) is 0 Å². The average Bonchev–Trinajstić information content (AvgIpc) is 3.17. The number of esters is 2. The highest BCUT2D eigenvalue weighted by molar-refractivity contribution is 6.09. The highest BCUT2D eigenvalue weighted by atomic mass is 16.6. The number of allylic oxidation sites excluding steroid dienone is 1. The zero-order valence-electron chi connectivity index (χ0n) is 33.2. The summed E-state index contributed by atoms with van der Waals surface area (Å²) in [6.45, 7) is 4.14. The lowest BCUT2D eigenvalue weighted by Crippen LogP contribution is -2.35. The Morgan fingerprint density at radius 3 is 1.83 bits per heavy atom. The molecule has 1 atom stereocenters. The number of ether oxygens (including phenoxy) is 3. The van der Waals surface area contributed by atoms with E-state index in [0.717, 1.165) is 30.3 Å². The molecule has 3 aromatic carbocycles. The number of fused-ring (bicyclic) bond motifs is 2. The van der Waals surface area contributed by atoms with Gasteiger partial charge in [-0.15, -0.1) is 0 Å². The van der Waals surface area contributed by atoms with Gasteiger partial charge in [0.1, 0.15) is 17.1 Å². The molecule has 3 aromatic rings. The predicted octanol–water partition coefficient (Wildman–Crippen LogP) is 12.1. The summed E-state index contributed by atoms with van der Waals surface area (Å²) in [5.74, 6) is -0.927. The highest BCUT2D eigenvalue weighted by Gasteiger charge is 2.41. The van der Waals surface area contributed by atoms with Gasteiger partial charge in [0.15, 0.2) is 11.9 Å². The van der Waals surface area contributed by atoms with Gasteiger partial charge >= 0.3 is 11.9 Å². The molecule has 0 bridgehead atoms. The predicted molar refractivity (Wildman–Crippen MR) is 218 cm³/mol. The van der Waals surface area contributed by atoms with Crippen LogP contribution in [0.2, 0.25) is 0 Å². The lowest BCUT2D eigenvalue weighted by atomic mass is 9.76. The fourth-order valence-electron chi connectivity index (χ4n) is 7.91. The molecule has 0 fully saturated rings. The van der Waals surface area contributed by atoms with E-state index in [2.05, 4.69) is 6.92 Å². The second-order valence-corrected chi connectivity index (χ2v) is 15.1. The number of aldehydes is 1. The smallest absolute Gasteiger partial charge is 0.341 e. The minimum atomic E-state index is -1.43. The number of aromatic hydroxyl groups is 1. The zero-order chi connectivity index (χ0) is 38.6. The Balaban J connectivity index is 1.26. The van der Waals surface area contributed by atoms with E-state index in [9.17, 15) is 19.5 Å². The number of unbranched alkanes of at least 4 members (excludes halogenated alkanes) is 19. The molecule has 0 aliphatic heterocycles. The molecule has 294 valence electrons. The van der Waals surface area contributed by atoms with E-state index in [0.29, 0.717) is 34.3 Å². The topological polar surface area (TPSA) is 99.1 Å². The van der Waals surface area contributed by atoms with Crippen LogP contribution in [0.15, 0.2) is 54.6 Å². The van der Waals surface area contributed by atoms with Crippen molar-refractivity contribution in [3.05, 3.63) is 76.9 Å². The Hall–Kier alpha value is -4.13. The van der Waals surface area contributed by atoms with E-state index in [1.807, 2.05) is 30.3 Å². The van der Waals surface area contributed by atoms with Gasteiger partial charge in [0.25, 0.3) is 0 Å². The van der Waals surface area contributed by atoms with E-state index in [1.54, 1.807) is 18.2 Å². The molecule has 0 spiro atoms. The monoisotopic (exact) mass is 740 g/mol. The van der Waals surface area contributed by atoms with Crippen molar-refractivity contribution >= 4 is 34.6 Å². The Labute approximate surface area is 323 Å². The Bertz CT molecular complexity index is 1670. The molecule has 1 aliphatic rings. The van der Waals surface area contributed by atoms with Crippen LogP contribution < -0.4 is 4.74 Å². The van der Waals surface area contributed by atoms with Crippen molar-refractivity contribution in [3.8, 4) is 11.5 Å². The van der Waals surface area contributed by atoms with Gasteiger partial charge in [-0.3, -0.25) is 9.59 Å². The van der Waals surface area contributed by atoms with Crippen molar-refractivity contribution < 1.29 is 33.7 Å². The summed E-state index contributed by atoms with van der Waals surface area (Å²) in [5.41, 5.74) is 0.886. The van der Waals surface area contributed by atoms with Gasteiger partial charge in [-0.05, 0) is 53.3 Å². The maximum Gasteiger partial charge on any atom is 0.341 e. The van der Waals surface area contributed by atoms with Crippen LogP contribution >= 0.6 is 0 Å². The first-order chi connectivity index (χ1) is 26.3. The molecule has 1 unspecified atom stereocenters. The summed E-state index contributed by atoms with van der Waals surface area (Å²) >= 11 is 0. The number of carbonyl (C=O) groups is 3. The molecule has 4 rings (SSSR count). The van der Waals surface area contributed by atoms with E-state index in [-0.39, 0.29) is 17.7 Å². The third-order valence-corrected chi connectivity index (χ3v) is 10.8. The number of methoxy groups -OCH3 is 1. The number of rotatable bonds is 26. The molecule has 7 nitrogen and oxygen atoms in total.